The molecule has 0 N–H and O–H groups in total. The predicted octanol–water partition coefficient (Wildman–Crippen LogP) is 2.27. The van der Waals surface area contributed by atoms with Gasteiger partial charge in [-0.25, -0.2) is 0 Å². The molecule has 17 heavy (non-hydrogen) atoms. The summed E-state index contributed by atoms with van der Waals surface area (Å²) in [7, 11) is -0.773. The molecule has 0 aliphatic heterocycles. The molecule has 0 aliphatic carbocycles. The van der Waals surface area contributed by atoms with Gasteiger partial charge in [-0.3, -0.25) is 9.36 Å². The van der Waals surface area contributed by atoms with Gasteiger partial charge in [0.25, 0.3) is 0 Å². The van der Waals surface area contributed by atoms with Crippen LogP contribution in [0.1, 0.15) is 13.8 Å². The van der Waals surface area contributed by atoms with Gasteiger partial charge in [-0.05, 0) is 0 Å². The lowest BCUT2D eigenvalue weighted by atomic mass is 9.90. The highest BCUT2D eigenvalue weighted by Crippen LogP contribution is 2.47. The summed E-state index contributed by atoms with van der Waals surface area (Å²) in [5, 5.41) is 0. The maximum absolute atomic E-state index is 12.0. The molecule has 0 atom stereocenters. The van der Waals surface area contributed by atoms with Crippen molar-refractivity contribution >= 4 is 13.4 Å². The van der Waals surface area contributed by atoms with E-state index in [0.29, 0.717) is 6.61 Å². The van der Waals surface area contributed by atoms with E-state index in [-0.39, 0.29) is 18.6 Å². The zero-order valence-electron chi connectivity index (χ0n) is 10.9. The Labute approximate surface area is 103 Å². The number of Topliss-reactive ketones (excluding diaryl/α,β-unsaturated/α-hetero) is 1. The van der Waals surface area contributed by atoms with Crippen molar-refractivity contribution < 1.29 is 23.1 Å². The Hall–Kier alpha value is -0.480. The van der Waals surface area contributed by atoms with E-state index < -0.39 is 13.0 Å². The second-order valence-corrected chi connectivity index (χ2v) is 6.51. The van der Waals surface area contributed by atoms with E-state index >= 15 is 0 Å². The van der Waals surface area contributed by atoms with Gasteiger partial charge in [0.2, 0.25) is 0 Å². The van der Waals surface area contributed by atoms with Crippen LogP contribution in [0.2, 0.25) is 0 Å². The molecule has 0 unspecified atom stereocenters. The molecule has 0 aliphatic rings. The highest BCUT2D eigenvalue weighted by Gasteiger charge is 2.35. The standard InChI is InChI=1S/C11H21O5P/c1-6-7-16-9-11(2,3)10(12)8-17(13,14-4)15-5/h6H,1,7-9H2,2-5H3. The molecular formula is C11H21O5P. The number of ketones is 1. The van der Waals surface area contributed by atoms with Crippen LogP contribution in [-0.2, 0) is 23.1 Å². The summed E-state index contributed by atoms with van der Waals surface area (Å²) >= 11 is 0. The number of hydrogen-bond acceptors (Lipinski definition) is 5. The van der Waals surface area contributed by atoms with E-state index in [1.165, 1.54) is 14.2 Å². The first kappa shape index (κ1) is 16.5. The minimum absolute atomic E-state index is 0.214. The lowest BCUT2D eigenvalue weighted by Gasteiger charge is -2.24. The van der Waals surface area contributed by atoms with Crippen LogP contribution in [0.25, 0.3) is 0 Å². The fourth-order valence-electron chi connectivity index (χ4n) is 1.07. The molecule has 0 saturated carbocycles. The zero-order chi connectivity index (χ0) is 13.5. The van der Waals surface area contributed by atoms with Crippen molar-refractivity contribution in [2.75, 3.05) is 33.6 Å². The molecule has 0 rings (SSSR count). The number of carbonyl (C=O) groups is 1. The molecule has 0 fully saturated rings. The highest BCUT2D eigenvalue weighted by molar-refractivity contribution is 7.54. The van der Waals surface area contributed by atoms with Crippen LogP contribution in [0.5, 0.6) is 0 Å². The molecule has 0 radical (unpaired) electrons. The van der Waals surface area contributed by atoms with Crippen molar-refractivity contribution in [2.24, 2.45) is 5.41 Å². The smallest absolute Gasteiger partial charge is 0.337 e. The minimum Gasteiger partial charge on any atom is -0.376 e. The Balaban J connectivity index is 4.47. The Kier molecular flexibility index (Phi) is 6.87. The predicted molar refractivity (Wildman–Crippen MR) is 66.3 cm³/mol. The third kappa shape index (κ3) is 5.59. The van der Waals surface area contributed by atoms with E-state index in [1.807, 2.05) is 0 Å². The van der Waals surface area contributed by atoms with Crippen LogP contribution in [0.3, 0.4) is 0 Å². The molecule has 0 saturated heterocycles. The van der Waals surface area contributed by atoms with Gasteiger partial charge < -0.3 is 13.8 Å². The fourth-order valence-corrected chi connectivity index (χ4v) is 2.26. The SMILES string of the molecule is C=CCOCC(C)(C)C(=O)CP(=O)(OC)OC. The molecule has 6 heteroatoms. The maximum Gasteiger partial charge on any atom is 0.337 e. The third-order valence-electron chi connectivity index (χ3n) is 2.35. The number of ether oxygens (including phenoxy) is 1. The first-order valence-electron chi connectivity index (χ1n) is 5.24. The highest BCUT2D eigenvalue weighted by atomic mass is 31.2. The van der Waals surface area contributed by atoms with Gasteiger partial charge in [0.15, 0.2) is 5.78 Å². The van der Waals surface area contributed by atoms with Crippen molar-refractivity contribution in [1.29, 1.82) is 0 Å². The van der Waals surface area contributed by atoms with Crippen LogP contribution in [0.4, 0.5) is 0 Å². The second kappa shape index (κ2) is 7.07. The number of rotatable bonds is 9. The molecule has 100 valence electrons. The molecule has 0 aromatic heterocycles. The number of hydrogen-bond donors (Lipinski definition) is 0. The monoisotopic (exact) mass is 264 g/mol. The Bertz CT molecular complexity index is 303. The van der Waals surface area contributed by atoms with Gasteiger partial charge in [-0.2, -0.15) is 0 Å². The molecule has 0 aromatic carbocycles. The third-order valence-corrected chi connectivity index (χ3v) is 4.13. The van der Waals surface area contributed by atoms with Crippen LogP contribution < -0.4 is 0 Å². The molecule has 0 spiro atoms. The van der Waals surface area contributed by atoms with Crippen LogP contribution in [-0.4, -0.2) is 39.4 Å². The lowest BCUT2D eigenvalue weighted by molar-refractivity contribution is -0.127. The average Bonchev–Trinajstić information content (AvgIpc) is 2.29. The van der Waals surface area contributed by atoms with Gasteiger partial charge in [0.05, 0.1) is 13.2 Å². The van der Waals surface area contributed by atoms with Crippen molar-refractivity contribution in [1.82, 2.24) is 0 Å². The first-order chi connectivity index (χ1) is 7.81. The lowest BCUT2D eigenvalue weighted by Crippen LogP contribution is -2.32. The summed E-state index contributed by atoms with van der Waals surface area (Å²) in [6.45, 7) is 7.60. The molecule has 5 nitrogen and oxygen atoms in total. The summed E-state index contributed by atoms with van der Waals surface area (Å²) in [4.78, 5) is 12.0. The summed E-state index contributed by atoms with van der Waals surface area (Å²) < 4.78 is 26.5. The van der Waals surface area contributed by atoms with Crippen LogP contribution >= 0.6 is 7.60 Å². The average molecular weight is 264 g/mol. The van der Waals surface area contributed by atoms with Crippen molar-refractivity contribution in [3.05, 3.63) is 12.7 Å². The van der Waals surface area contributed by atoms with E-state index in [1.54, 1.807) is 19.9 Å². The van der Waals surface area contributed by atoms with Gasteiger partial charge in [-0.1, -0.05) is 19.9 Å². The Morgan fingerprint density at radius 1 is 1.35 bits per heavy atom. The van der Waals surface area contributed by atoms with Gasteiger partial charge in [0, 0.05) is 19.6 Å². The molecule has 0 bridgehead atoms. The van der Waals surface area contributed by atoms with Crippen molar-refractivity contribution in [3.63, 3.8) is 0 Å². The van der Waals surface area contributed by atoms with Crippen molar-refractivity contribution in [2.45, 2.75) is 13.8 Å². The summed E-state index contributed by atoms with van der Waals surface area (Å²) in [5.41, 5.74) is -0.726. The minimum atomic E-state index is -3.30. The normalized spacial score (nSPS) is 12.5. The van der Waals surface area contributed by atoms with Gasteiger partial charge in [-0.15, -0.1) is 6.58 Å². The quantitative estimate of drug-likeness (QED) is 0.363. The van der Waals surface area contributed by atoms with Gasteiger partial charge >= 0.3 is 7.60 Å². The van der Waals surface area contributed by atoms with E-state index in [2.05, 4.69) is 6.58 Å². The number of carbonyl (C=O) groups excluding carboxylic acids is 1. The summed E-state index contributed by atoms with van der Waals surface area (Å²) in [5.74, 6) is -0.214. The Morgan fingerprint density at radius 2 is 1.88 bits per heavy atom. The zero-order valence-corrected chi connectivity index (χ0v) is 11.8. The van der Waals surface area contributed by atoms with Crippen molar-refractivity contribution in [3.8, 4) is 0 Å². The fraction of sp³-hybridized carbons (Fsp3) is 0.727. The second-order valence-electron chi connectivity index (χ2n) is 4.25. The summed E-state index contributed by atoms with van der Waals surface area (Å²) in [6.07, 6.45) is 1.36. The summed E-state index contributed by atoms with van der Waals surface area (Å²) in [6, 6.07) is 0. The molecule has 0 aromatic rings. The maximum atomic E-state index is 12.0. The van der Waals surface area contributed by atoms with E-state index in [4.69, 9.17) is 13.8 Å². The van der Waals surface area contributed by atoms with E-state index in [0.717, 1.165) is 0 Å². The van der Waals surface area contributed by atoms with E-state index in [9.17, 15) is 9.36 Å². The molecular weight excluding hydrogens is 243 g/mol. The van der Waals surface area contributed by atoms with Crippen LogP contribution in [0, 0.1) is 5.41 Å². The first-order valence-corrected chi connectivity index (χ1v) is 6.96. The molecule has 0 amide bonds. The topological polar surface area (TPSA) is 61.8 Å². The Morgan fingerprint density at radius 3 is 2.29 bits per heavy atom. The van der Waals surface area contributed by atoms with Gasteiger partial charge in [0.1, 0.15) is 6.16 Å². The largest absolute Gasteiger partial charge is 0.376 e. The van der Waals surface area contributed by atoms with Crippen LogP contribution in [0.15, 0.2) is 12.7 Å². The molecule has 0 heterocycles.